The lowest BCUT2D eigenvalue weighted by Crippen LogP contribution is -2.09. The standard InChI is InChI=1S/C14H12N2O2/c1-16-13(14(17)18-2)12(10-15-16)9-8-11-6-4-3-5-7-11/h3-7,10H,1-2H3. The number of rotatable bonds is 1. The van der Waals surface area contributed by atoms with E-state index in [4.69, 9.17) is 4.74 Å². The summed E-state index contributed by atoms with van der Waals surface area (Å²) in [6.45, 7) is 0. The summed E-state index contributed by atoms with van der Waals surface area (Å²) in [4.78, 5) is 11.6. The number of hydrogen-bond donors (Lipinski definition) is 0. The van der Waals surface area contributed by atoms with Crippen molar-refractivity contribution in [1.29, 1.82) is 0 Å². The summed E-state index contributed by atoms with van der Waals surface area (Å²) in [6.07, 6.45) is 1.56. The van der Waals surface area contributed by atoms with Crippen LogP contribution in [0.4, 0.5) is 0 Å². The molecule has 0 unspecified atom stereocenters. The Hall–Kier alpha value is -2.54. The first-order chi connectivity index (χ1) is 8.72. The topological polar surface area (TPSA) is 44.1 Å². The predicted molar refractivity (Wildman–Crippen MR) is 67.0 cm³/mol. The number of esters is 1. The van der Waals surface area contributed by atoms with Gasteiger partial charge in [0.1, 0.15) is 0 Å². The lowest BCUT2D eigenvalue weighted by molar-refractivity contribution is 0.0588. The second-order valence-corrected chi connectivity index (χ2v) is 3.64. The van der Waals surface area contributed by atoms with Crippen molar-refractivity contribution >= 4 is 5.97 Å². The molecule has 4 nitrogen and oxygen atoms in total. The summed E-state index contributed by atoms with van der Waals surface area (Å²) in [5, 5.41) is 4.01. The molecule has 18 heavy (non-hydrogen) atoms. The zero-order chi connectivity index (χ0) is 13.0. The summed E-state index contributed by atoms with van der Waals surface area (Å²) in [6, 6.07) is 9.56. The van der Waals surface area contributed by atoms with Crippen molar-refractivity contribution in [2.45, 2.75) is 0 Å². The summed E-state index contributed by atoms with van der Waals surface area (Å²) >= 11 is 0. The van der Waals surface area contributed by atoms with Gasteiger partial charge in [0.15, 0.2) is 5.69 Å². The van der Waals surface area contributed by atoms with Crippen LogP contribution >= 0.6 is 0 Å². The highest BCUT2D eigenvalue weighted by Crippen LogP contribution is 2.07. The van der Waals surface area contributed by atoms with E-state index in [1.54, 1.807) is 13.2 Å². The van der Waals surface area contributed by atoms with Gasteiger partial charge in [0, 0.05) is 12.6 Å². The van der Waals surface area contributed by atoms with Crippen LogP contribution in [0, 0.1) is 11.8 Å². The van der Waals surface area contributed by atoms with Gasteiger partial charge in [0.2, 0.25) is 0 Å². The van der Waals surface area contributed by atoms with Crippen LogP contribution in [0.1, 0.15) is 21.6 Å². The van der Waals surface area contributed by atoms with Gasteiger partial charge >= 0.3 is 5.97 Å². The first-order valence-corrected chi connectivity index (χ1v) is 5.39. The SMILES string of the molecule is COC(=O)c1c(C#Cc2ccccc2)cnn1C. The van der Waals surface area contributed by atoms with E-state index in [9.17, 15) is 4.79 Å². The average Bonchev–Trinajstić information content (AvgIpc) is 2.78. The monoisotopic (exact) mass is 240 g/mol. The van der Waals surface area contributed by atoms with Gasteiger partial charge in [0.05, 0.1) is 18.9 Å². The highest BCUT2D eigenvalue weighted by atomic mass is 16.5. The lowest BCUT2D eigenvalue weighted by Gasteiger charge is -1.99. The molecular formula is C14H12N2O2. The van der Waals surface area contributed by atoms with Crippen LogP contribution in [0.3, 0.4) is 0 Å². The second-order valence-electron chi connectivity index (χ2n) is 3.64. The van der Waals surface area contributed by atoms with E-state index in [0.717, 1.165) is 5.56 Å². The predicted octanol–water partition coefficient (Wildman–Crippen LogP) is 1.61. The largest absolute Gasteiger partial charge is 0.464 e. The van der Waals surface area contributed by atoms with Gasteiger partial charge in [-0.1, -0.05) is 30.0 Å². The minimum Gasteiger partial charge on any atom is -0.464 e. The van der Waals surface area contributed by atoms with Gasteiger partial charge < -0.3 is 4.74 Å². The van der Waals surface area contributed by atoms with E-state index >= 15 is 0 Å². The molecule has 90 valence electrons. The van der Waals surface area contributed by atoms with Crippen molar-refractivity contribution in [3.63, 3.8) is 0 Å². The van der Waals surface area contributed by atoms with E-state index in [2.05, 4.69) is 16.9 Å². The Morgan fingerprint density at radius 3 is 2.67 bits per heavy atom. The minimum absolute atomic E-state index is 0.362. The molecule has 2 aromatic rings. The van der Waals surface area contributed by atoms with Crippen LogP contribution in [-0.2, 0) is 11.8 Å². The first-order valence-electron chi connectivity index (χ1n) is 5.39. The van der Waals surface area contributed by atoms with Gasteiger partial charge in [0.25, 0.3) is 0 Å². The molecule has 1 aromatic heterocycles. The third kappa shape index (κ3) is 2.41. The fourth-order valence-corrected chi connectivity index (χ4v) is 1.53. The molecule has 0 amide bonds. The van der Waals surface area contributed by atoms with Crippen molar-refractivity contribution < 1.29 is 9.53 Å². The number of aryl methyl sites for hydroxylation is 1. The molecule has 1 aromatic carbocycles. The molecule has 1 heterocycles. The van der Waals surface area contributed by atoms with E-state index < -0.39 is 5.97 Å². The number of ether oxygens (including phenoxy) is 1. The zero-order valence-corrected chi connectivity index (χ0v) is 10.2. The normalized spacial score (nSPS) is 9.44. The molecule has 0 radical (unpaired) electrons. The Labute approximate surface area is 105 Å². The Morgan fingerprint density at radius 1 is 1.28 bits per heavy atom. The fraction of sp³-hybridized carbons (Fsp3) is 0.143. The number of carbonyl (C=O) groups is 1. The maximum atomic E-state index is 11.6. The Bertz CT molecular complexity index is 618. The molecule has 0 fully saturated rings. The fourth-order valence-electron chi connectivity index (χ4n) is 1.53. The Kier molecular flexibility index (Phi) is 3.44. The van der Waals surface area contributed by atoms with Crippen molar-refractivity contribution in [1.82, 2.24) is 9.78 Å². The molecule has 0 atom stereocenters. The Morgan fingerprint density at radius 2 is 2.00 bits per heavy atom. The third-order valence-electron chi connectivity index (χ3n) is 2.43. The smallest absolute Gasteiger partial charge is 0.357 e. The summed E-state index contributed by atoms with van der Waals surface area (Å²) in [5.74, 6) is 5.48. The van der Waals surface area contributed by atoms with E-state index in [-0.39, 0.29) is 0 Å². The lowest BCUT2D eigenvalue weighted by atomic mass is 10.2. The molecule has 0 aliphatic carbocycles. The summed E-state index contributed by atoms with van der Waals surface area (Å²) in [5.41, 5.74) is 1.81. The average molecular weight is 240 g/mol. The molecular weight excluding hydrogens is 228 g/mol. The molecule has 0 aliphatic rings. The van der Waals surface area contributed by atoms with Crippen LogP contribution in [0.25, 0.3) is 0 Å². The van der Waals surface area contributed by atoms with Gasteiger partial charge in [-0.3, -0.25) is 4.68 Å². The summed E-state index contributed by atoms with van der Waals surface area (Å²) in [7, 11) is 3.02. The molecule has 0 spiro atoms. The van der Waals surface area contributed by atoms with Gasteiger partial charge in [-0.05, 0) is 12.1 Å². The van der Waals surface area contributed by atoms with Crippen LogP contribution < -0.4 is 0 Å². The van der Waals surface area contributed by atoms with Gasteiger partial charge in [-0.15, -0.1) is 0 Å². The molecule has 0 saturated heterocycles. The van der Waals surface area contributed by atoms with Crippen LogP contribution in [0.15, 0.2) is 36.5 Å². The van der Waals surface area contributed by atoms with E-state index in [1.807, 2.05) is 30.3 Å². The third-order valence-corrected chi connectivity index (χ3v) is 2.43. The number of carbonyl (C=O) groups excluding carboxylic acids is 1. The highest BCUT2D eigenvalue weighted by Gasteiger charge is 2.15. The molecule has 0 bridgehead atoms. The van der Waals surface area contributed by atoms with E-state index in [0.29, 0.717) is 11.3 Å². The van der Waals surface area contributed by atoms with Crippen LogP contribution in [0.2, 0.25) is 0 Å². The van der Waals surface area contributed by atoms with E-state index in [1.165, 1.54) is 11.8 Å². The molecule has 2 rings (SSSR count). The number of benzene rings is 1. The highest BCUT2D eigenvalue weighted by molar-refractivity contribution is 5.90. The van der Waals surface area contributed by atoms with Crippen molar-refractivity contribution in [2.24, 2.45) is 7.05 Å². The van der Waals surface area contributed by atoms with Gasteiger partial charge in [-0.2, -0.15) is 5.10 Å². The maximum absolute atomic E-state index is 11.6. The van der Waals surface area contributed by atoms with Crippen LogP contribution in [-0.4, -0.2) is 22.9 Å². The minimum atomic E-state index is -0.438. The maximum Gasteiger partial charge on any atom is 0.357 e. The first kappa shape index (κ1) is 11.9. The number of methoxy groups -OCH3 is 1. The quantitative estimate of drug-likeness (QED) is 0.562. The van der Waals surface area contributed by atoms with Crippen molar-refractivity contribution in [3.05, 3.63) is 53.3 Å². The van der Waals surface area contributed by atoms with Crippen LogP contribution in [0.5, 0.6) is 0 Å². The molecule has 0 N–H and O–H groups in total. The second kappa shape index (κ2) is 5.19. The number of hydrogen-bond acceptors (Lipinski definition) is 3. The number of aromatic nitrogens is 2. The van der Waals surface area contributed by atoms with Crippen molar-refractivity contribution in [2.75, 3.05) is 7.11 Å². The molecule has 0 saturated carbocycles. The molecule has 0 aliphatic heterocycles. The summed E-state index contributed by atoms with van der Waals surface area (Å²) < 4.78 is 6.16. The number of nitrogens with zero attached hydrogens (tertiary/aromatic N) is 2. The van der Waals surface area contributed by atoms with Gasteiger partial charge in [-0.25, -0.2) is 4.79 Å². The molecule has 4 heteroatoms. The zero-order valence-electron chi connectivity index (χ0n) is 10.2. The van der Waals surface area contributed by atoms with Crippen molar-refractivity contribution in [3.8, 4) is 11.8 Å². The Balaban J connectivity index is 2.37.